The van der Waals surface area contributed by atoms with Gasteiger partial charge >= 0.3 is 0 Å². The highest BCUT2D eigenvalue weighted by atomic mass is 16.3. The van der Waals surface area contributed by atoms with Crippen molar-refractivity contribution in [3.05, 3.63) is 0 Å². The van der Waals surface area contributed by atoms with E-state index >= 15 is 0 Å². The minimum Gasteiger partial charge on any atom is -0.391 e. The summed E-state index contributed by atoms with van der Waals surface area (Å²) in [6.45, 7) is 9.01. The Labute approximate surface area is 97.8 Å². The number of nitrogens with zero attached hydrogens (tertiary/aromatic N) is 1. The Morgan fingerprint density at radius 3 is 2.50 bits per heavy atom. The third-order valence-corrected chi connectivity index (χ3v) is 3.43. The maximum atomic E-state index is 12.1. The molecule has 0 aromatic heterocycles. The van der Waals surface area contributed by atoms with Crippen LogP contribution >= 0.6 is 0 Å². The molecule has 0 aliphatic carbocycles. The summed E-state index contributed by atoms with van der Waals surface area (Å²) in [5, 5.41) is 9.75. The molecule has 0 radical (unpaired) electrons. The van der Waals surface area contributed by atoms with Gasteiger partial charge in [0.15, 0.2) is 0 Å². The number of likely N-dealkylation sites (tertiary alicyclic amines) is 1. The van der Waals surface area contributed by atoms with Crippen LogP contribution in [0.4, 0.5) is 0 Å². The molecule has 1 fully saturated rings. The van der Waals surface area contributed by atoms with E-state index in [2.05, 4.69) is 0 Å². The van der Waals surface area contributed by atoms with Gasteiger partial charge in [-0.05, 0) is 17.8 Å². The van der Waals surface area contributed by atoms with E-state index in [4.69, 9.17) is 5.73 Å². The Hall–Kier alpha value is -0.610. The molecule has 1 heterocycles. The van der Waals surface area contributed by atoms with E-state index in [1.165, 1.54) is 0 Å². The fourth-order valence-corrected chi connectivity index (χ4v) is 1.82. The van der Waals surface area contributed by atoms with Crippen LogP contribution in [0.5, 0.6) is 0 Å². The summed E-state index contributed by atoms with van der Waals surface area (Å²) in [6, 6.07) is -0.492. The Balaban J connectivity index is 2.62. The van der Waals surface area contributed by atoms with Gasteiger partial charge < -0.3 is 15.7 Å². The summed E-state index contributed by atoms with van der Waals surface area (Å²) in [4.78, 5) is 13.8. The Kier molecular flexibility index (Phi) is 3.97. The van der Waals surface area contributed by atoms with Crippen LogP contribution in [0.3, 0.4) is 0 Å². The minimum atomic E-state index is -0.492. The molecule has 4 heteroatoms. The van der Waals surface area contributed by atoms with Gasteiger partial charge in [-0.1, -0.05) is 27.7 Å². The molecule has 16 heavy (non-hydrogen) atoms. The number of β-amino-alcohol motifs (C(OH)–C–C–N with tert-alkyl or cyclic N) is 1. The fourth-order valence-electron chi connectivity index (χ4n) is 1.82. The van der Waals surface area contributed by atoms with Crippen LogP contribution in [-0.4, -0.2) is 41.1 Å². The lowest BCUT2D eigenvalue weighted by molar-refractivity contribution is -0.139. The number of aliphatic hydroxyl groups excluding tert-OH is 1. The first-order valence-corrected chi connectivity index (χ1v) is 5.96. The number of nitrogens with two attached hydrogens (primary N) is 1. The van der Waals surface area contributed by atoms with Crippen LogP contribution in [0.25, 0.3) is 0 Å². The summed E-state index contributed by atoms with van der Waals surface area (Å²) in [5.41, 5.74) is 5.70. The third kappa shape index (κ3) is 2.95. The summed E-state index contributed by atoms with van der Waals surface area (Å²) in [7, 11) is 0. The lowest BCUT2D eigenvalue weighted by atomic mass is 9.85. The molecule has 2 unspecified atom stereocenters. The van der Waals surface area contributed by atoms with Crippen molar-refractivity contribution in [3.63, 3.8) is 0 Å². The Morgan fingerprint density at radius 1 is 1.50 bits per heavy atom. The fraction of sp³-hybridized carbons (Fsp3) is 0.917. The topological polar surface area (TPSA) is 66.6 Å². The van der Waals surface area contributed by atoms with Crippen LogP contribution < -0.4 is 5.73 Å². The second kappa shape index (κ2) is 4.72. The first-order chi connectivity index (χ1) is 7.23. The summed E-state index contributed by atoms with van der Waals surface area (Å²) < 4.78 is 0. The van der Waals surface area contributed by atoms with Crippen molar-refractivity contribution in [2.24, 2.45) is 17.1 Å². The van der Waals surface area contributed by atoms with Crippen LogP contribution in [0, 0.1) is 11.3 Å². The van der Waals surface area contributed by atoms with Gasteiger partial charge in [0.1, 0.15) is 0 Å². The molecule has 0 aromatic carbocycles. The number of carbonyl (C=O) groups is 1. The van der Waals surface area contributed by atoms with Crippen LogP contribution in [0.15, 0.2) is 0 Å². The van der Waals surface area contributed by atoms with Crippen LogP contribution in [-0.2, 0) is 4.79 Å². The summed E-state index contributed by atoms with van der Waals surface area (Å²) in [5.74, 6) is 0.230. The second-order valence-electron chi connectivity index (χ2n) is 5.96. The highest BCUT2D eigenvalue weighted by Crippen LogP contribution is 2.22. The molecule has 1 rings (SSSR count). The molecular formula is C12H24N2O2. The smallest absolute Gasteiger partial charge is 0.240 e. The molecule has 4 nitrogen and oxygen atoms in total. The Morgan fingerprint density at radius 2 is 2.06 bits per heavy atom. The van der Waals surface area contributed by atoms with Crippen molar-refractivity contribution in [1.29, 1.82) is 0 Å². The zero-order valence-corrected chi connectivity index (χ0v) is 10.7. The number of hydrogen-bond acceptors (Lipinski definition) is 3. The minimum absolute atomic E-state index is 0.0431. The molecule has 1 aliphatic heterocycles. The largest absolute Gasteiger partial charge is 0.391 e. The summed E-state index contributed by atoms with van der Waals surface area (Å²) in [6.07, 6.45) is 0.439. The standard InChI is InChI=1S/C12H24N2O2/c1-8-5-6-14(7-9(8)15)11(16)10(13)12(2,3)4/h8-10,15H,5-7,13H2,1-4H3/t8?,9?,10-/m1/s1. The Bertz CT molecular complexity index is 260. The number of amides is 1. The number of hydrogen-bond donors (Lipinski definition) is 2. The van der Waals surface area contributed by atoms with E-state index in [0.717, 1.165) is 6.42 Å². The van der Waals surface area contributed by atoms with Gasteiger partial charge in [-0.25, -0.2) is 0 Å². The lowest BCUT2D eigenvalue weighted by Crippen LogP contribution is -2.55. The zero-order chi connectivity index (χ0) is 12.5. The molecule has 94 valence electrons. The van der Waals surface area contributed by atoms with Gasteiger partial charge in [0.25, 0.3) is 0 Å². The lowest BCUT2D eigenvalue weighted by Gasteiger charge is -2.38. The predicted octanol–water partition coefficient (Wildman–Crippen LogP) is 0.589. The van der Waals surface area contributed by atoms with E-state index in [-0.39, 0.29) is 17.2 Å². The zero-order valence-electron chi connectivity index (χ0n) is 10.7. The van der Waals surface area contributed by atoms with Crippen LogP contribution in [0.1, 0.15) is 34.1 Å². The number of carbonyl (C=O) groups excluding carboxylic acids is 1. The molecule has 3 N–H and O–H groups in total. The molecule has 0 saturated carbocycles. The van der Waals surface area contributed by atoms with Gasteiger partial charge in [0.05, 0.1) is 12.1 Å². The van der Waals surface area contributed by atoms with E-state index in [9.17, 15) is 9.90 Å². The van der Waals surface area contributed by atoms with Crippen molar-refractivity contribution < 1.29 is 9.90 Å². The van der Waals surface area contributed by atoms with Gasteiger partial charge in [-0.3, -0.25) is 4.79 Å². The molecule has 0 bridgehead atoms. The first-order valence-electron chi connectivity index (χ1n) is 5.96. The number of piperidine rings is 1. The van der Waals surface area contributed by atoms with Crippen molar-refractivity contribution >= 4 is 5.91 Å². The summed E-state index contributed by atoms with van der Waals surface area (Å²) >= 11 is 0. The van der Waals surface area contributed by atoms with E-state index < -0.39 is 12.1 Å². The predicted molar refractivity (Wildman–Crippen MR) is 63.8 cm³/mol. The number of rotatable bonds is 1. The van der Waals surface area contributed by atoms with Crippen molar-refractivity contribution in [2.45, 2.75) is 46.3 Å². The van der Waals surface area contributed by atoms with Crippen molar-refractivity contribution in [2.75, 3.05) is 13.1 Å². The van der Waals surface area contributed by atoms with Gasteiger partial charge in [0.2, 0.25) is 5.91 Å². The van der Waals surface area contributed by atoms with Crippen molar-refractivity contribution in [1.82, 2.24) is 4.90 Å². The monoisotopic (exact) mass is 228 g/mol. The van der Waals surface area contributed by atoms with Crippen LogP contribution in [0.2, 0.25) is 0 Å². The van der Waals surface area contributed by atoms with E-state index in [1.807, 2.05) is 27.7 Å². The highest BCUT2D eigenvalue weighted by Gasteiger charge is 2.34. The van der Waals surface area contributed by atoms with E-state index in [1.54, 1.807) is 4.90 Å². The molecule has 1 aliphatic rings. The average Bonchev–Trinajstić information content (AvgIpc) is 2.18. The molecule has 0 aromatic rings. The molecule has 1 amide bonds. The maximum Gasteiger partial charge on any atom is 0.240 e. The van der Waals surface area contributed by atoms with E-state index in [0.29, 0.717) is 13.1 Å². The third-order valence-electron chi connectivity index (χ3n) is 3.43. The highest BCUT2D eigenvalue weighted by molar-refractivity contribution is 5.82. The molecule has 0 spiro atoms. The molecule has 3 atom stereocenters. The van der Waals surface area contributed by atoms with Gasteiger partial charge in [-0.15, -0.1) is 0 Å². The molecular weight excluding hydrogens is 204 g/mol. The number of aliphatic hydroxyl groups is 1. The van der Waals surface area contributed by atoms with Crippen molar-refractivity contribution in [3.8, 4) is 0 Å². The molecule has 1 saturated heterocycles. The maximum absolute atomic E-state index is 12.1. The SMILES string of the molecule is CC1CCN(C(=O)[C@@H](N)C(C)(C)C)CC1O. The second-order valence-corrected chi connectivity index (χ2v) is 5.96. The van der Waals surface area contributed by atoms with Gasteiger partial charge in [0, 0.05) is 13.1 Å². The van der Waals surface area contributed by atoms with Gasteiger partial charge in [-0.2, -0.15) is 0 Å². The quantitative estimate of drug-likeness (QED) is 0.690. The first kappa shape index (κ1) is 13.5. The average molecular weight is 228 g/mol. The normalized spacial score (nSPS) is 29.0.